The van der Waals surface area contributed by atoms with Crippen molar-refractivity contribution in [3.8, 4) is 0 Å². The zero-order valence-electron chi connectivity index (χ0n) is 11.4. The van der Waals surface area contributed by atoms with Crippen molar-refractivity contribution in [3.05, 3.63) is 16.4 Å². The second-order valence-electron chi connectivity index (χ2n) is 4.27. The molecule has 1 N–H and O–H groups in total. The molecule has 0 spiro atoms. The molecule has 0 atom stereocenters. The summed E-state index contributed by atoms with van der Waals surface area (Å²) in [6.45, 7) is 10.3. The van der Waals surface area contributed by atoms with Gasteiger partial charge in [0, 0.05) is 19.1 Å². The van der Waals surface area contributed by atoms with Crippen LogP contribution < -0.4 is 5.32 Å². The third-order valence-corrected chi connectivity index (χ3v) is 3.67. The molecule has 0 aliphatic rings. The van der Waals surface area contributed by atoms with E-state index in [-0.39, 0.29) is 0 Å². The van der Waals surface area contributed by atoms with E-state index in [4.69, 9.17) is 11.6 Å². The Labute approximate surface area is 110 Å². The lowest BCUT2D eigenvalue weighted by molar-refractivity contribution is 0.467. The van der Waals surface area contributed by atoms with Crippen molar-refractivity contribution < 1.29 is 0 Å². The van der Waals surface area contributed by atoms with Gasteiger partial charge in [-0.15, -0.1) is 0 Å². The number of rotatable bonds is 7. The molecule has 0 saturated heterocycles. The summed E-state index contributed by atoms with van der Waals surface area (Å²) in [5.41, 5.74) is 2.13. The first kappa shape index (κ1) is 14.5. The maximum absolute atomic E-state index is 6.35. The van der Waals surface area contributed by atoms with Gasteiger partial charge in [0.25, 0.3) is 0 Å². The highest BCUT2D eigenvalue weighted by atomic mass is 35.5. The van der Waals surface area contributed by atoms with Crippen molar-refractivity contribution in [2.45, 2.75) is 66.1 Å². The molecular formula is C13H24ClN3. The van der Waals surface area contributed by atoms with Gasteiger partial charge in [-0.3, -0.25) is 4.68 Å². The van der Waals surface area contributed by atoms with Gasteiger partial charge in [0.1, 0.15) is 0 Å². The fourth-order valence-corrected chi connectivity index (χ4v) is 2.34. The molecule has 0 aromatic carbocycles. The molecule has 0 bridgehead atoms. The Hall–Kier alpha value is -0.540. The molecule has 1 aromatic heterocycles. The molecule has 0 unspecified atom stereocenters. The molecule has 4 heteroatoms. The first-order valence-electron chi connectivity index (χ1n) is 6.65. The lowest BCUT2D eigenvalue weighted by Gasteiger charge is -2.15. The van der Waals surface area contributed by atoms with Crippen LogP contribution in [0.5, 0.6) is 0 Å². The molecule has 0 aliphatic carbocycles. The van der Waals surface area contributed by atoms with E-state index in [0.717, 1.165) is 48.8 Å². The highest BCUT2D eigenvalue weighted by molar-refractivity contribution is 6.31. The Bertz CT molecular complexity index is 343. The fraction of sp³-hybridized carbons (Fsp3) is 0.769. The lowest BCUT2D eigenvalue weighted by Crippen LogP contribution is -2.28. The summed E-state index contributed by atoms with van der Waals surface area (Å²) in [7, 11) is 0. The molecule has 1 heterocycles. The minimum Gasteiger partial charge on any atom is -0.308 e. The van der Waals surface area contributed by atoms with Crippen molar-refractivity contribution in [2.24, 2.45) is 0 Å². The zero-order valence-corrected chi connectivity index (χ0v) is 12.1. The number of nitrogens with zero attached hydrogens (tertiary/aromatic N) is 2. The van der Waals surface area contributed by atoms with Crippen LogP contribution in [0.2, 0.25) is 5.02 Å². The molecule has 0 radical (unpaired) electrons. The van der Waals surface area contributed by atoms with Crippen molar-refractivity contribution in [1.29, 1.82) is 0 Å². The van der Waals surface area contributed by atoms with Crippen LogP contribution in [0, 0.1) is 0 Å². The van der Waals surface area contributed by atoms with Gasteiger partial charge in [-0.2, -0.15) is 5.10 Å². The molecule has 0 amide bonds. The minimum absolute atomic E-state index is 0.566. The molecule has 17 heavy (non-hydrogen) atoms. The molecular weight excluding hydrogens is 234 g/mol. The average Bonchev–Trinajstić information content (AvgIpc) is 2.67. The lowest BCUT2D eigenvalue weighted by atomic mass is 10.1. The quantitative estimate of drug-likeness (QED) is 0.812. The summed E-state index contributed by atoms with van der Waals surface area (Å²) in [5, 5.41) is 8.90. The van der Waals surface area contributed by atoms with Crippen molar-refractivity contribution in [3.63, 3.8) is 0 Å². The van der Waals surface area contributed by atoms with Crippen LogP contribution in [0.15, 0.2) is 0 Å². The van der Waals surface area contributed by atoms with Crippen LogP contribution in [-0.4, -0.2) is 15.8 Å². The highest BCUT2D eigenvalue weighted by Gasteiger charge is 2.14. The molecule has 1 aromatic rings. The van der Waals surface area contributed by atoms with Gasteiger partial charge in [-0.25, -0.2) is 0 Å². The molecule has 0 fully saturated rings. The Kier molecular flexibility index (Phi) is 6.00. The second-order valence-corrected chi connectivity index (χ2v) is 4.65. The topological polar surface area (TPSA) is 29.9 Å². The Morgan fingerprint density at radius 2 is 1.88 bits per heavy atom. The Morgan fingerprint density at radius 1 is 1.24 bits per heavy atom. The van der Waals surface area contributed by atoms with E-state index in [1.165, 1.54) is 0 Å². The standard InChI is InChI=1S/C13H24ClN3/c1-5-10(6-2)15-9-12-13(14)11(7-3)16-17(12)8-4/h10,15H,5-9H2,1-4H3. The molecule has 3 nitrogen and oxygen atoms in total. The number of hydrogen-bond donors (Lipinski definition) is 1. The average molecular weight is 258 g/mol. The van der Waals surface area contributed by atoms with E-state index in [1.807, 2.05) is 4.68 Å². The summed E-state index contributed by atoms with van der Waals surface area (Å²) in [4.78, 5) is 0. The smallest absolute Gasteiger partial charge is 0.0863 e. The summed E-state index contributed by atoms with van der Waals surface area (Å²) < 4.78 is 2.01. The van der Waals surface area contributed by atoms with Gasteiger partial charge in [-0.1, -0.05) is 32.4 Å². The van der Waals surface area contributed by atoms with Crippen molar-refractivity contribution in [2.75, 3.05) is 0 Å². The second kappa shape index (κ2) is 7.02. The van der Waals surface area contributed by atoms with Crippen LogP contribution >= 0.6 is 11.6 Å². The Balaban J connectivity index is 2.78. The van der Waals surface area contributed by atoms with Gasteiger partial charge >= 0.3 is 0 Å². The fourth-order valence-electron chi connectivity index (χ4n) is 2.00. The third-order valence-electron chi connectivity index (χ3n) is 3.24. The normalized spacial score (nSPS) is 11.4. The maximum Gasteiger partial charge on any atom is 0.0863 e. The van der Waals surface area contributed by atoms with Crippen LogP contribution in [0.3, 0.4) is 0 Å². The number of aromatic nitrogens is 2. The van der Waals surface area contributed by atoms with E-state index in [0.29, 0.717) is 6.04 Å². The SMILES string of the molecule is CCc1nn(CC)c(CNC(CC)CC)c1Cl. The molecule has 0 saturated carbocycles. The number of aryl methyl sites for hydroxylation is 2. The predicted octanol–water partition coefficient (Wildman–Crippen LogP) is 3.40. The van der Waals surface area contributed by atoms with Crippen LogP contribution in [0.25, 0.3) is 0 Å². The van der Waals surface area contributed by atoms with E-state index in [2.05, 4.69) is 38.1 Å². The van der Waals surface area contributed by atoms with E-state index in [9.17, 15) is 0 Å². The zero-order chi connectivity index (χ0) is 12.8. The summed E-state index contributed by atoms with van der Waals surface area (Å²) >= 11 is 6.35. The number of nitrogens with one attached hydrogen (secondary N) is 1. The summed E-state index contributed by atoms with van der Waals surface area (Å²) in [5.74, 6) is 0. The van der Waals surface area contributed by atoms with Gasteiger partial charge in [0.15, 0.2) is 0 Å². The summed E-state index contributed by atoms with van der Waals surface area (Å²) in [6, 6.07) is 0.566. The van der Waals surface area contributed by atoms with Crippen molar-refractivity contribution >= 4 is 11.6 Å². The molecule has 0 aliphatic heterocycles. The van der Waals surface area contributed by atoms with Crippen molar-refractivity contribution in [1.82, 2.24) is 15.1 Å². The first-order valence-corrected chi connectivity index (χ1v) is 7.02. The predicted molar refractivity (Wildman–Crippen MR) is 73.5 cm³/mol. The van der Waals surface area contributed by atoms with Gasteiger partial charge in [-0.05, 0) is 26.2 Å². The van der Waals surface area contributed by atoms with Crippen LogP contribution in [-0.2, 0) is 19.5 Å². The largest absolute Gasteiger partial charge is 0.308 e. The van der Waals surface area contributed by atoms with Gasteiger partial charge in [0.05, 0.1) is 16.4 Å². The Morgan fingerprint density at radius 3 is 2.35 bits per heavy atom. The maximum atomic E-state index is 6.35. The van der Waals surface area contributed by atoms with Gasteiger partial charge in [0.2, 0.25) is 0 Å². The number of halogens is 1. The monoisotopic (exact) mass is 257 g/mol. The number of hydrogen-bond acceptors (Lipinski definition) is 2. The molecule has 98 valence electrons. The van der Waals surface area contributed by atoms with E-state index < -0.39 is 0 Å². The molecule has 1 rings (SSSR count). The van der Waals surface area contributed by atoms with Crippen LogP contribution in [0.1, 0.15) is 51.9 Å². The summed E-state index contributed by atoms with van der Waals surface area (Å²) in [6.07, 6.45) is 3.19. The first-order chi connectivity index (χ1) is 8.17. The van der Waals surface area contributed by atoms with Gasteiger partial charge < -0.3 is 5.32 Å². The minimum atomic E-state index is 0.566. The van der Waals surface area contributed by atoms with Crippen LogP contribution in [0.4, 0.5) is 0 Å². The van der Waals surface area contributed by atoms with E-state index >= 15 is 0 Å². The highest BCUT2D eigenvalue weighted by Crippen LogP contribution is 2.21. The third kappa shape index (κ3) is 3.46. The van der Waals surface area contributed by atoms with E-state index in [1.54, 1.807) is 0 Å².